The molecular formula is C18H18FN5O3. The summed E-state index contributed by atoms with van der Waals surface area (Å²) in [5.41, 5.74) is 7.37. The Labute approximate surface area is 153 Å². The van der Waals surface area contributed by atoms with Gasteiger partial charge in [0.2, 0.25) is 0 Å². The number of aromatic nitrogens is 3. The predicted molar refractivity (Wildman–Crippen MR) is 95.6 cm³/mol. The molecular weight excluding hydrogens is 353 g/mol. The number of rotatable bonds is 5. The fourth-order valence-corrected chi connectivity index (χ4v) is 3.27. The molecule has 8 nitrogen and oxygen atoms in total. The van der Waals surface area contributed by atoms with Gasteiger partial charge in [-0.15, -0.1) is 0 Å². The summed E-state index contributed by atoms with van der Waals surface area (Å²) in [6.07, 6.45) is 3.27. The number of hydrogen-bond acceptors (Lipinski definition) is 6. The summed E-state index contributed by atoms with van der Waals surface area (Å²) >= 11 is 0. The number of carbonyl (C=O) groups is 1. The highest BCUT2D eigenvalue weighted by atomic mass is 19.1. The molecule has 0 amide bonds. The summed E-state index contributed by atoms with van der Waals surface area (Å²) in [4.78, 5) is 15.6. The number of anilines is 1. The molecule has 3 aromatic rings. The Morgan fingerprint density at radius 3 is 3.11 bits per heavy atom. The predicted octanol–water partition coefficient (Wildman–Crippen LogP) is 2.00. The SMILES string of the molecule is CC(Nc1ccn2ncc(C(=O)O)c2n1)c1cc(F)cc2c1OC(CN)C2. The van der Waals surface area contributed by atoms with Gasteiger partial charge in [-0.2, -0.15) is 5.10 Å². The lowest BCUT2D eigenvalue weighted by atomic mass is 10.0. The molecule has 2 unspecified atom stereocenters. The molecule has 3 heterocycles. The third kappa shape index (κ3) is 3.06. The van der Waals surface area contributed by atoms with Crippen molar-refractivity contribution in [2.45, 2.75) is 25.5 Å². The van der Waals surface area contributed by atoms with Gasteiger partial charge in [-0.05, 0) is 25.1 Å². The lowest BCUT2D eigenvalue weighted by molar-refractivity contribution is 0.0698. The molecule has 0 bridgehead atoms. The normalized spacial score (nSPS) is 16.8. The summed E-state index contributed by atoms with van der Waals surface area (Å²) in [6, 6.07) is 4.24. The summed E-state index contributed by atoms with van der Waals surface area (Å²) < 4.78 is 21.3. The number of benzene rings is 1. The first-order chi connectivity index (χ1) is 13.0. The van der Waals surface area contributed by atoms with Gasteiger partial charge in [-0.25, -0.2) is 18.7 Å². The second kappa shape index (κ2) is 6.51. The number of nitrogens with zero attached hydrogens (tertiary/aromatic N) is 3. The fraction of sp³-hybridized carbons (Fsp3) is 0.278. The van der Waals surface area contributed by atoms with E-state index in [4.69, 9.17) is 10.5 Å². The zero-order valence-electron chi connectivity index (χ0n) is 14.5. The average molecular weight is 371 g/mol. The van der Waals surface area contributed by atoms with Gasteiger partial charge >= 0.3 is 5.97 Å². The third-order valence-corrected chi connectivity index (χ3v) is 4.58. The van der Waals surface area contributed by atoms with Crippen LogP contribution in [0, 0.1) is 5.82 Å². The van der Waals surface area contributed by atoms with Crippen molar-refractivity contribution in [1.29, 1.82) is 0 Å². The van der Waals surface area contributed by atoms with E-state index in [0.29, 0.717) is 30.1 Å². The van der Waals surface area contributed by atoms with Gasteiger partial charge in [-0.1, -0.05) is 0 Å². The number of halogens is 1. The van der Waals surface area contributed by atoms with Gasteiger partial charge in [0.25, 0.3) is 0 Å². The summed E-state index contributed by atoms with van der Waals surface area (Å²) in [5.74, 6) is -0.356. The second-order valence-electron chi connectivity index (χ2n) is 6.47. The van der Waals surface area contributed by atoms with Crippen LogP contribution in [0.2, 0.25) is 0 Å². The largest absolute Gasteiger partial charge is 0.488 e. The van der Waals surface area contributed by atoms with E-state index in [9.17, 15) is 14.3 Å². The Morgan fingerprint density at radius 1 is 1.56 bits per heavy atom. The number of nitrogens with two attached hydrogens (primary N) is 1. The minimum Gasteiger partial charge on any atom is -0.488 e. The van der Waals surface area contributed by atoms with Crippen molar-refractivity contribution in [1.82, 2.24) is 14.6 Å². The molecule has 1 aliphatic heterocycles. The molecule has 0 spiro atoms. The average Bonchev–Trinajstić information content (AvgIpc) is 3.23. The van der Waals surface area contributed by atoms with E-state index in [1.54, 1.807) is 12.3 Å². The van der Waals surface area contributed by atoms with Crippen LogP contribution < -0.4 is 15.8 Å². The minimum absolute atomic E-state index is 0.00655. The van der Waals surface area contributed by atoms with Gasteiger partial charge in [0.1, 0.15) is 29.1 Å². The molecule has 0 aliphatic carbocycles. The minimum atomic E-state index is -1.10. The Morgan fingerprint density at radius 2 is 2.37 bits per heavy atom. The monoisotopic (exact) mass is 371 g/mol. The molecule has 9 heteroatoms. The van der Waals surface area contributed by atoms with Crippen LogP contribution in [-0.2, 0) is 6.42 Å². The Bertz CT molecular complexity index is 1040. The standard InChI is InChI=1S/C18H18FN5O3/c1-9(13-6-11(19)4-10-5-12(7-20)27-16(10)13)22-15-2-3-24-17(23-15)14(8-21-24)18(25)26/h2-4,6,8-9,12H,5,7,20H2,1H3,(H,22,23)(H,25,26). The molecule has 4 rings (SSSR count). The van der Waals surface area contributed by atoms with E-state index in [-0.39, 0.29) is 29.2 Å². The van der Waals surface area contributed by atoms with Crippen LogP contribution in [-0.4, -0.2) is 38.3 Å². The van der Waals surface area contributed by atoms with Gasteiger partial charge in [0, 0.05) is 30.3 Å². The number of nitrogens with one attached hydrogen (secondary N) is 1. The highest BCUT2D eigenvalue weighted by Crippen LogP contribution is 2.37. The van der Waals surface area contributed by atoms with Crippen molar-refractivity contribution in [2.75, 3.05) is 11.9 Å². The highest BCUT2D eigenvalue weighted by molar-refractivity contribution is 5.94. The molecule has 0 saturated carbocycles. The van der Waals surface area contributed by atoms with Crippen molar-refractivity contribution in [3.63, 3.8) is 0 Å². The number of carboxylic acid groups (broad SMARTS) is 1. The molecule has 27 heavy (non-hydrogen) atoms. The number of aromatic carboxylic acids is 1. The van der Waals surface area contributed by atoms with E-state index < -0.39 is 5.97 Å². The maximum Gasteiger partial charge on any atom is 0.341 e. The number of fused-ring (bicyclic) bond motifs is 2. The van der Waals surface area contributed by atoms with Crippen LogP contribution in [0.3, 0.4) is 0 Å². The first-order valence-electron chi connectivity index (χ1n) is 8.49. The number of carboxylic acids is 1. The Balaban J connectivity index is 1.65. The van der Waals surface area contributed by atoms with Gasteiger partial charge in [0.15, 0.2) is 5.65 Å². The fourth-order valence-electron chi connectivity index (χ4n) is 3.27. The van der Waals surface area contributed by atoms with Crippen LogP contribution in [0.1, 0.15) is 34.5 Å². The number of ether oxygens (including phenoxy) is 1. The molecule has 0 fully saturated rings. The summed E-state index contributed by atoms with van der Waals surface area (Å²) in [7, 11) is 0. The van der Waals surface area contributed by atoms with Crippen molar-refractivity contribution in [3.8, 4) is 5.75 Å². The first-order valence-corrected chi connectivity index (χ1v) is 8.49. The quantitative estimate of drug-likeness (QED) is 0.628. The summed E-state index contributed by atoms with van der Waals surface area (Å²) in [5, 5.41) is 16.4. The van der Waals surface area contributed by atoms with Crippen LogP contribution in [0.25, 0.3) is 5.65 Å². The van der Waals surface area contributed by atoms with Crippen molar-refractivity contribution >= 4 is 17.4 Å². The molecule has 0 saturated heterocycles. The van der Waals surface area contributed by atoms with Gasteiger partial charge in [-0.3, -0.25) is 0 Å². The van der Waals surface area contributed by atoms with E-state index in [1.165, 1.54) is 22.8 Å². The van der Waals surface area contributed by atoms with E-state index in [2.05, 4.69) is 15.4 Å². The van der Waals surface area contributed by atoms with Crippen LogP contribution in [0.4, 0.5) is 10.2 Å². The molecule has 0 radical (unpaired) electrons. The Hall–Kier alpha value is -3.20. The zero-order chi connectivity index (χ0) is 19.1. The molecule has 2 aromatic heterocycles. The zero-order valence-corrected chi connectivity index (χ0v) is 14.5. The van der Waals surface area contributed by atoms with E-state index in [0.717, 1.165) is 5.56 Å². The van der Waals surface area contributed by atoms with E-state index >= 15 is 0 Å². The summed E-state index contributed by atoms with van der Waals surface area (Å²) in [6.45, 7) is 2.21. The van der Waals surface area contributed by atoms with Crippen molar-refractivity contribution in [3.05, 3.63) is 53.1 Å². The van der Waals surface area contributed by atoms with Crippen molar-refractivity contribution < 1.29 is 19.0 Å². The molecule has 1 aliphatic rings. The number of hydrogen-bond donors (Lipinski definition) is 3. The van der Waals surface area contributed by atoms with Crippen LogP contribution in [0.5, 0.6) is 5.75 Å². The van der Waals surface area contributed by atoms with Crippen LogP contribution in [0.15, 0.2) is 30.6 Å². The lowest BCUT2D eigenvalue weighted by Crippen LogP contribution is -2.24. The van der Waals surface area contributed by atoms with Crippen molar-refractivity contribution in [2.24, 2.45) is 5.73 Å². The smallest absolute Gasteiger partial charge is 0.341 e. The molecule has 4 N–H and O–H groups in total. The first kappa shape index (κ1) is 17.2. The molecule has 140 valence electrons. The van der Waals surface area contributed by atoms with E-state index in [1.807, 2.05) is 6.92 Å². The molecule has 2 atom stereocenters. The molecule has 1 aromatic carbocycles. The second-order valence-corrected chi connectivity index (χ2v) is 6.47. The van der Waals surface area contributed by atoms with Gasteiger partial charge in [0.05, 0.1) is 12.2 Å². The maximum atomic E-state index is 14.1. The maximum absolute atomic E-state index is 14.1. The van der Waals surface area contributed by atoms with Crippen LogP contribution >= 0.6 is 0 Å². The third-order valence-electron chi connectivity index (χ3n) is 4.58. The lowest BCUT2D eigenvalue weighted by Gasteiger charge is -2.19. The highest BCUT2D eigenvalue weighted by Gasteiger charge is 2.27. The Kier molecular flexibility index (Phi) is 4.15. The topological polar surface area (TPSA) is 115 Å². The van der Waals surface area contributed by atoms with Gasteiger partial charge < -0.3 is 20.9 Å².